The van der Waals surface area contributed by atoms with Crippen LogP contribution in [0.2, 0.25) is 5.02 Å². The van der Waals surface area contributed by atoms with Gasteiger partial charge < -0.3 is 15.0 Å². The van der Waals surface area contributed by atoms with E-state index in [2.05, 4.69) is 5.32 Å². The van der Waals surface area contributed by atoms with Crippen LogP contribution in [0.15, 0.2) is 48.5 Å². The third-order valence-corrected chi connectivity index (χ3v) is 4.76. The molecule has 0 fully saturated rings. The summed E-state index contributed by atoms with van der Waals surface area (Å²) >= 11 is 5.87. The Morgan fingerprint density at radius 2 is 1.73 bits per heavy atom. The van der Waals surface area contributed by atoms with Gasteiger partial charge in [0.25, 0.3) is 5.91 Å². The van der Waals surface area contributed by atoms with Crippen LogP contribution in [0.5, 0.6) is 5.75 Å². The van der Waals surface area contributed by atoms with E-state index in [0.717, 1.165) is 5.56 Å². The number of halogens is 2. The minimum Gasteiger partial charge on any atom is -0.484 e. The van der Waals surface area contributed by atoms with Gasteiger partial charge in [0.15, 0.2) is 6.61 Å². The van der Waals surface area contributed by atoms with Crippen molar-refractivity contribution in [1.82, 2.24) is 10.2 Å². The molecular weight excluding hydrogens is 407 g/mol. The topological polar surface area (TPSA) is 58.6 Å². The van der Waals surface area contributed by atoms with E-state index in [9.17, 15) is 14.0 Å². The highest BCUT2D eigenvalue weighted by Crippen LogP contribution is 2.17. The molecule has 0 saturated carbocycles. The largest absolute Gasteiger partial charge is 0.484 e. The van der Waals surface area contributed by atoms with E-state index in [1.807, 2.05) is 20.8 Å². The third kappa shape index (κ3) is 7.34. The van der Waals surface area contributed by atoms with E-state index in [0.29, 0.717) is 29.7 Å². The predicted molar refractivity (Wildman–Crippen MR) is 116 cm³/mol. The van der Waals surface area contributed by atoms with Gasteiger partial charge in [0, 0.05) is 18.1 Å². The Labute approximate surface area is 182 Å². The van der Waals surface area contributed by atoms with Crippen molar-refractivity contribution in [3.8, 4) is 5.75 Å². The van der Waals surface area contributed by atoms with E-state index in [4.69, 9.17) is 16.3 Å². The Morgan fingerprint density at radius 3 is 2.30 bits per heavy atom. The standard InChI is InChI=1S/C23H28ClFN2O3/c1-4-21(23(29)26-13-16(2)3)27(14-17-5-9-19(25)10-6-17)22(28)15-30-20-11-7-18(24)8-12-20/h5-12,16,21H,4,13-15H2,1-3H3,(H,26,29)/t21-/m1/s1. The summed E-state index contributed by atoms with van der Waals surface area (Å²) in [7, 11) is 0. The average Bonchev–Trinajstić information content (AvgIpc) is 2.72. The van der Waals surface area contributed by atoms with Crippen LogP contribution in [0.25, 0.3) is 0 Å². The van der Waals surface area contributed by atoms with E-state index >= 15 is 0 Å². The Morgan fingerprint density at radius 1 is 1.10 bits per heavy atom. The minimum absolute atomic E-state index is 0.177. The molecule has 0 spiro atoms. The second kappa shape index (κ2) is 11.6. The number of nitrogens with one attached hydrogen (secondary N) is 1. The molecule has 0 aliphatic heterocycles. The number of ether oxygens (including phenoxy) is 1. The van der Waals surface area contributed by atoms with Gasteiger partial charge in [0.05, 0.1) is 0 Å². The monoisotopic (exact) mass is 434 g/mol. The Kier molecular flexibility index (Phi) is 9.12. The van der Waals surface area contributed by atoms with Gasteiger partial charge in [-0.1, -0.05) is 44.5 Å². The number of carbonyl (C=O) groups excluding carboxylic acids is 2. The number of hydrogen-bond acceptors (Lipinski definition) is 3. The molecule has 2 amide bonds. The van der Waals surface area contributed by atoms with Crippen molar-refractivity contribution in [2.75, 3.05) is 13.2 Å². The van der Waals surface area contributed by atoms with Crippen molar-refractivity contribution in [3.63, 3.8) is 0 Å². The van der Waals surface area contributed by atoms with E-state index in [1.165, 1.54) is 17.0 Å². The number of carbonyl (C=O) groups is 2. The van der Waals surface area contributed by atoms with Crippen molar-refractivity contribution in [3.05, 3.63) is 64.9 Å². The second-order valence-corrected chi connectivity index (χ2v) is 7.89. The van der Waals surface area contributed by atoms with Gasteiger partial charge >= 0.3 is 0 Å². The number of nitrogens with zero attached hydrogens (tertiary/aromatic N) is 1. The van der Waals surface area contributed by atoms with Gasteiger partial charge in [-0.2, -0.15) is 0 Å². The maximum absolute atomic E-state index is 13.3. The van der Waals surface area contributed by atoms with Crippen LogP contribution in [0, 0.1) is 11.7 Å². The van der Waals surface area contributed by atoms with E-state index < -0.39 is 6.04 Å². The molecule has 2 aromatic rings. The van der Waals surface area contributed by atoms with Crippen molar-refractivity contribution >= 4 is 23.4 Å². The summed E-state index contributed by atoms with van der Waals surface area (Å²) < 4.78 is 18.9. The Hall–Kier alpha value is -2.60. The first kappa shape index (κ1) is 23.7. The quantitative estimate of drug-likeness (QED) is 0.601. The van der Waals surface area contributed by atoms with Gasteiger partial charge in [-0.15, -0.1) is 0 Å². The first-order valence-corrected chi connectivity index (χ1v) is 10.4. The molecule has 0 unspecified atom stereocenters. The summed E-state index contributed by atoms with van der Waals surface area (Å²) in [5.74, 6) is -0.105. The van der Waals surface area contributed by atoms with Crippen LogP contribution in [0.1, 0.15) is 32.8 Å². The summed E-state index contributed by atoms with van der Waals surface area (Å²) in [5, 5.41) is 3.46. The van der Waals surface area contributed by atoms with E-state index in [-0.39, 0.29) is 30.8 Å². The summed E-state index contributed by atoms with van der Waals surface area (Å²) in [4.78, 5) is 27.3. The van der Waals surface area contributed by atoms with Crippen LogP contribution in [0.3, 0.4) is 0 Å². The van der Waals surface area contributed by atoms with Crippen molar-refractivity contribution in [2.45, 2.75) is 39.8 Å². The van der Waals surface area contributed by atoms with Gasteiger partial charge in [0.2, 0.25) is 5.91 Å². The molecule has 0 heterocycles. The molecule has 162 valence electrons. The molecule has 2 rings (SSSR count). The molecule has 5 nitrogen and oxygen atoms in total. The molecule has 2 aromatic carbocycles. The average molecular weight is 435 g/mol. The zero-order valence-corrected chi connectivity index (χ0v) is 18.3. The zero-order chi connectivity index (χ0) is 22.1. The molecule has 1 atom stereocenters. The molecule has 7 heteroatoms. The molecule has 0 aliphatic rings. The number of rotatable bonds is 10. The first-order valence-electron chi connectivity index (χ1n) is 10.00. The van der Waals surface area contributed by atoms with Crippen molar-refractivity contribution < 1.29 is 18.7 Å². The molecule has 0 bridgehead atoms. The molecule has 0 aromatic heterocycles. The van der Waals surface area contributed by atoms with Crippen molar-refractivity contribution in [2.24, 2.45) is 5.92 Å². The summed E-state index contributed by atoms with van der Waals surface area (Å²) in [6, 6.07) is 11.9. The minimum atomic E-state index is -0.657. The van der Waals surface area contributed by atoms with Crippen LogP contribution in [0.4, 0.5) is 4.39 Å². The van der Waals surface area contributed by atoms with Gasteiger partial charge in [-0.25, -0.2) is 4.39 Å². The SMILES string of the molecule is CC[C@H](C(=O)NCC(C)C)N(Cc1ccc(F)cc1)C(=O)COc1ccc(Cl)cc1. The Bertz CT molecular complexity index is 825. The lowest BCUT2D eigenvalue weighted by molar-refractivity contribution is -0.143. The fraction of sp³-hybridized carbons (Fsp3) is 0.391. The van der Waals surface area contributed by atoms with Crippen LogP contribution < -0.4 is 10.1 Å². The number of benzene rings is 2. The fourth-order valence-electron chi connectivity index (χ4n) is 2.89. The molecule has 0 aliphatic carbocycles. The molecule has 0 saturated heterocycles. The lowest BCUT2D eigenvalue weighted by atomic mass is 10.1. The zero-order valence-electron chi connectivity index (χ0n) is 17.5. The maximum Gasteiger partial charge on any atom is 0.261 e. The fourth-order valence-corrected chi connectivity index (χ4v) is 3.01. The highest BCUT2D eigenvalue weighted by atomic mass is 35.5. The molecule has 1 N–H and O–H groups in total. The predicted octanol–water partition coefficient (Wildman–Crippen LogP) is 4.44. The first-order chi connectivity index (χ1) is 14.3. The lowest BCUT2D eigenvalue weighted by Gasteiger charge is -2.30. The number of amides is 2. The van der Waals surface area contributed by atoms with E-state index in [1.54, 1.807) is 36.4 Å². The normalized spacial score (nSPS) is 11.8. The summed E-state index contributed by atoms with van der Waals surface area (Å²) in [5.41, 5.74) is 0.728. The second-order valence-electron chi connectivity index (χ2n) is 7.45. The van der Waals surface area contributed by atoms with Crippen LogP contribution in [-0.4, -0.2) is 35.9 Å². The molecule has 30 heavy (non-hydrogen) atoms. The maximum atomic E-state index is 13.3. The third-order valence-electron chi connectivity index (χ3n) is 4.51. The molecule has 0 radical (unpaired) electrons. The van der Waals surface area contributed by atoms with Crippen molar-refractivity contribution in [1.29, 1.82) is 0 Å². The number of hydrogen-bond donors (Lipinski definition) is 1. The highest BCUT2D eigenvalue weighted by molar-refractivity contribution is 6.30. The van der Waals surface area contributed by atoms with Crippen LogP contribution in [-0.2, 0) is 16.1 Å². The molecular formula is C23H28ClFN2O3. The summed E-state index contributed by atoms with van der Waals surface area (Å²) in [6.45, 7) is 6.33. The summed E-state index contributed by atoms with van der Waals surface area (Å²) in [6.07, 6.45) is 0.442. The lowest BCUT2D eigenvalue weighted by Crippen LogP contribution is -2.50. The van der Waals surface area contributed by atoms with Gasteiger partial charge in [0.1, 0.15) is 17.6 Å². The van der Waals surface area contributed by atoms with Gasteiger partial charge in [-0.3, -0.25) is 9.59 Å². The van der Waals surface area contributed by atoms with Gasteiger partial charge in [-0.05, 0) is 54.3 Å². The highest BCUT2D eigenvalue weighted by Gasteiger charge is 2.29. The Balaban J connectivity index is 2.17. The van der Waals surface area contributed by atoms with Crippen LogP contribution >= 0.6 is 11.6 Å². The smallest absolute Gasteiger partial charge is 0.261 e.